The summed E-state index contributed by atoms with van der Waals surface area (Å²) in [6, 6.07) is 14.1. The summed E-state index contributed by atoms with van der Waals surface area (Å²) in [7, 11) is 0. The molecule has 4 rings (SSSR count). The molecule has 1 fully saturated rings. The number of aryl methyl sites for hydroxylation is 2. The van der Waals surface area contributed by atoms with E-state index in [2.05, 4.69) is 50.2 Å². The molecule has 2 heteroatoms. The van der Waals surface area contributed by atoms with Crippen molar-refractivity contribution in [3.05, 3.63) is 46.8 Å². The molecule has 1 aliphatic carbocycles. The smallest absolute Gasteiger partial charge is 0.0460 e. The van der Waals surface area contributed by atoms with E-state index in [0.717, 1.165) is 11.8 Å². The molecule has 2 heterocycles. The first-order valence-corrected chi connectivity index (χ1v) is 15.0. The van der Waals surface area contributed by atoms with Crippen LogP contribution in [0.2, 0.25) is 0 Å². The van der Waals surface area contributed by atoms with E-state index in [1.54, 1.807) is 4.88 Å². The van der Waals surface area contributed by atoms with Crippen LogP contribution < -0.4 is 0 Å². The zero-order valence-electron chi connectivity index (χ0n) is 20.3. The lowest BCUT2D eigenvalue weighted by Gasteiger charge is -2.28. The molecule has 0 nitrogen and oxygen atoms in total. The third-order valence-corrected chi connectivity index (χ3v) is 9.92. The van der Waals surface area contributed by atoms with Gasteiger partial charge in [0.05, 0.1) is 0 Å². The van der Waals surface area contributed by atoms with E-state index < -0.39 is 0 Å². The minimum atomic E-state index is 0.976. The minimum Gasteiger partial charge on any atom is -0.139 e. The maximum atomic E-state index is 2.49. The molecular formula is C30H42S2. The minimum absolute atomic E-state index is 0.976. The van der Waals surface area contributed by atoms with Crippen molar-refractivity contribution in [2.75, 3.05) is 0 Å². The first-order chi connectivity index (χ1) is 15.7. The highest BCUT2D eigenvalue weighted by Crippen LogP contribution is 2.40. The Morgan fingerprint density at radius 3 is 2.06 bits per heavy atom. The maximum absolute atomic E-state index is 2.49. The fourth-order valence-corrected chi connectivity index (χ4v) is 7.91. The molecule has 0 bridgehead atoms. The highest BCUT2D eigenvalue weighted by molar-refractivity contribution is 7.29. The average Bonchev–Trinajstić information content (AvgIpc) is 3.38. The number of thiophene rings is 2. The molecule has 2 aromatic heterocycles. The number of hydrogen-bond acceptors (Lipinski definition) is 2. The summed E-state index contributed by atoms with van der Waals surface area (Å²) in [6.07, 6.45) is 19.8. The van der Waals surface area contributed by atoms with Crippen molar-refractivity contribution in [1.82, 2.24) is 0 Å². The van der Waals surface area contributed by atoms with Crippen molar-refractivity contribution < 1.29 is 0 Å². The molecule has 0 spiro atoms. The average molecular weight is 467 g/mol. The van der Waals surface area contributed by atoms with Gasteiger partial charge >= 0.3 is 0 Å². The second-order valence-corrected chi connectivity index (χ2v) is 12.4. The van der Waals surface area contributed by atoms with Crippen LogP contribution in [0.25, 0.3) is 19.8 Å². The Morgan fingerprint density at radius 1 is 0.688 bits per heavy atom. The lowest BCUT2D eigenvalue weighted by atomic mass is 9.78. The van der Waals surface area contributed by atoms with Crippen molar-refractivity contribution in [2.24, 2.45) is 11.8 Å². The molecule has 174 valence electrons. The fraction of sp³-hybridized carbons (Fsp3) is 0.600. The van der Waals surface area contributed by atoms with Crippen LogP contribution in [-0.2, 0) is 12.8 Å². The van der Waals surface area contributed by atoms with Gasteiger partial charge < -0.3 is 0 Å². The monoisotopic (exact) mass is 466 g/mol. The normalized spacial score (nSPS) is 19.1. The van der Waals surface area contributed by atoms with Gasteiger partial charge in [0.15, 0.2) is 0 Å². The van der Waals surface area contributed by atoms with Crippen LogP contribution in [0.15, 0.2) is 36.4 Å². The third-order valence-electron chi connectivity index (χ3n) is 7.52. The van der Waals surface area contributed by atoms with Crippen LogP contribution in [-0.4, -0.2) is 0 Å². The van der Waals surface area contributed by atoms with Gasteiger partial charge in [-0.3, -0.25) is 0 Å². The Labute approximate surface area is 204 Å². The summed E-state index contributed by atoms with van der Waals surface area (Å²) < 4.78 is 2.98. The van der Waals surface area contributed by atoms with E-state index in [0.29, 0.717) is 0 Å². The van der Waals surface area contributed by atoms with E-state index in [9.17, 15) is 0 Å². The van der Waals surface area contributed by atoms with Crippen LogP contribution in [0.3, 0.4) is 0 Å². The van der Waals surface area contributed by atoms with Gasteiger partial charge in [0.25, 0.3) is 0 Å². The van der Waals surface area contributed by atoms with Crippen LogP contribution in [0.5, 0.6) is 0 Å². The molecule has 0 saturated heterocycles. The Morgan fingerprint density at radius 2 is 1.38 bits per heavy atom. The summed E-state index contributed by atoms with van der Waals surface area (Å²) >= 11 is 4.02. The van der Waals surface area contributed by atoms with Gasteiger partial charge in [-0.25, -0.2) is 0 Å². The molecule has 0 amide bonds. The molecule has 0 atom stereocenters. The lowest BCUT2D eigenvalue weighted by Crippen LogP contribution is -2.15. The van der Waals surface area contributed by atoms with Crippen molar-refractivity contribution in [3.8, 4) is 10.4 Å². The van der Waals surface area contributed by atoms with Gasteiger partial charge in [0, 0.05) is 19.2 Å². The van der Waals surface area contributed by atoms with Gasteiger partial charge in [-0.2, -0.15) is 0 Å². The van der Waals surface area contributed by atoms with Crippen molar-refractivity contribution in [3.63, 3.8) is 0 Å². The van der Waals surface area contributed by atoms with E-state index in [1.165, 1.54) is 115 Å². The second-order valence-electron chi connectivity index (χ2n) is 10.1. The van der Waals surface area contributed by atoms with Gasteiger partial charge in [0.1, 0.15) is 0 Å². The van der Waals surface area contributed by atoms with Crippen molar-refractivity contribution >= 4 is 32.1 Å². The largest absolute Gasteiger partial charge is 0.139 e. The molecule has 0 N–H and O–H groups in total. The predicted molar refractivity (Wildman–Crippen MR) is 146 cm³/mol. The summed E-state index contributed by atoms with van der Waals surface area (Å²) in [5.41, 5.74) is 2.83. The molecule has 3 aromatic rings. The topological polar surface area (TPSA) is 0 Å². The van der Waals surface area contributed by atoms with E-state index >= 15 is 0 Å². The SMILES string of the molecule is CCCCCCCC1CCC(CCc2cc3sc(-c4ccc(CCC)cc4)cc3s2)CC1. The van der Waals surface area contributed by atoms with Crippen LogP contribution in [0, 0.1) is 11.8 Å². The Hall–Kier alpha value is -1.12. The number of fused-ring (bicyclic) bond motifs is 1. The number of benzene rings is 1. The highest BCUT2D eigenvalue weighted by atomic mass is 32.1. The van der Waals surface area contributed by atoms with Crippen LogP contribution in [0.4, 0.5) is 0 Å². The predicted octanol–water partition coefficient (Wildman–Crippen LogP) is 10.7. The van der Waals surface area contributed by atoms with Gasteiger partial charge in [0.2, 0.25) is 0 Å². The molecule has 0 unspecified atom stereocenters. The molecular weight excluding hydrogens is 424 g/mol. The zero-order valence-corrected chi connectivity index (χ0v) is 22.0. The summed E-state index contributed by atoms with van der Waals surface area (Å²) in [6.45, 7) is 4.56. The first kappa shape index (κ1) is 24.0. The molecule has 0 aliphatic heterocycles. The summed E-state index contributed by atoms with van der Waals surface area (Å²) in [5.74, 6) is 2.01. The Bertz CT molecular complexity index is 890. The maximum Gasteiger partial charge on any atom is 0.0460 e. The van der Waals surface area contributed by atoms with Gasteiger partial charge in [-0.15, -0.1) is 22.7 Å². The lowest BCUT2D eigenvalue weighted by molar-refractivity contribution is 0.249. The Kier molecular flexibility index (Phi) is 9.29. The van der Waals surface area contributed by atoms with E-state index in [-0.39, 0.29) is 0 Å². The molecule has 32 heavy (non-hydrogen) atoms. The van der Waals surface area contributed by atoms with Crippen LogP contribution >= 0.6 is 22.7 Å². The third kappa shape index (κ3) is 6.70. The number of hydrogen-bond donors (Lipinski definition) is 0. The van der Waals surface area contributed by atoms with E-state index in [1.807, 2.05) is 22.7 Å². The first-order valence-electron chi connectivity index (χ1n) is 13.4. The van der Waals surface area contributed by atoms with Gasteiger partial charge in [-0.05, 0) is 54.4 Å². The number of unbranched alkanes of at least 4 members (excludes halogenated alkanes) is 4. The molecule has 1 saturated carbocycles. The molecule has 0 radical (unpaired) electrons. The zero-order chi connectivity index (χ0) is 22.2. The summed E-state index contributed by atoms with van der Waals surface area (Å²) in [4.78, 5) is 3.03. The highest BCUT2D eigenvalue weighted by Gasteiger charge is 2.21. The second kappa shape index (κ2) is 12.4. The fourth-order valence-electron chi connectivity index (χ4n) is 5.47. The van der Waals surface area contributed by atoms with E-state index in [4.69, 9.17) is 0 Å². The van der Waals surface area contributed by atoms with Crippen molar-refractivity contribution in [1.29, 1.82) is 0 Å². The Balaban J connectivity index is 1.21. The summed E-state index contributed by atoms with van der Waals surface area (Å²) in [5, 5.41) is 0. The number of rotatable bonds is 12. The van der Waals surface area contributed by atoms with Gasteiger partial charge in [-0.1, -0.05) is 109 Å². The quantitative estimate of drug-likeness (QED) is 0.233. The van der Waals surface area contributed by atoms with Crippen LogP contribution in [0.1, 0.15) is 101 Å². The molecule has 1 aromatic carbocycles. The standard InChI is InChI=1S/C30H42S2/c1-3-5-6-7-8-10-24-11-13-25(14-12-24)17-20-27-21-29-30(31-27)22-28(32-29)26-18-15-23(9-4-2)16-19-26/h15-16,18-19,21-22,24-25H,3-14,17,20H2,1-2H3. The molecule has 1 aliphatic rings. The van der Waals surface area contributed by atoms with Crippen molar-refractivity contribution in [2.45, 2.75) is 104 Å².